The highest BCUT2D eigenvalue weighted by Crippen LogP contribution is 2.20. The van der Waals surface area contributed by atoms with E-state index in [0.717, 1.165) is 51.7 Å². The first-order chi connectivity index (χ1) is 13.7. The van der Waals surface area contributed by atoms with Gasteiger partial charge in [-0.05, 0) is 56.8 Å². The number of nitrogens with zero attached hydrogens (tertiary/aromatic N) is 2. The molecule has 0 saturated carbocycles. The smallest absolute Gasteiger partial charge is 0.191 e. The van der Waals surface area contributed by atoms with Crippen LogP contribution < -0.4 is 10.6 Å². The summed E-state index contributed by atoms with van der Waals surface area (Å²) in [6.07, 6.45) is 5.58. The molecule has 0 spiro atoms. The quantitative estimate of drug-likeness (QED) is 0.274. The van der Waals surface area contributed by atoms with Crippen LogP contribution in [0.15, 0.2) is 29.4 Å². The van der Waals surface area contributed by atoms with Gasteiger partial charge in [-0.3, -0.25) is 9.89 Å². The van der Waals surface area contributed by atoms with E-state index in [2.05, 4.69) is 58.8 Å². The number of fused-ring (bicyclic) bond motifs is 1. The number of ether oxygens (including phenoxy) is 1. The highest BCUT2D eigenvalue weighted by atomic mass is 127. The third-order valence-corrected chi connectivity index (χ3v) is 5.50. The van der Waals surface area contributed by atoms with Crippen molar-refractivity contribution in [3.8, 4) is 0 Å². The van der Waals surface area contributed by atoms with Crippen LogP contribution in [-0.2, 0) is 11.2 Å². The van der Waals surface area contributed by atoms with Crippen LogP contribution in [-0.4, -0.2) is 68.3 Å². The van der Waals surface area contributed by atoms with Crippen LogP contribution in [0.25, 0.3) is 10.9 Å². The molecule has 1 aliphatic heterocycles. The molecule has 2 heterocycles. The van der Waals surface area contributed by atoms with Crippen LogP contribution in [0.4, 0.5) is 0 Å². The maximum atomic E-state index is 5.24. The number of methoxy groups -OCH3 is 1. The van der Waals surface area contributed by atoms with Gasteiger partial charge in [-0.2, -0.15) is 0 Å². The van der Waals surface area contributed by atoms with Crippen LogP contribution >= 0.6 is 24.0 Å². The van der Waals surface area contributed by atoms with Gasteiger partial charge < -0.3 is 20.4 Å². The minimum Gasteiger partial charge on any atom is -0.383 e. The molecule has 1 aliphatic rings. The molecule has 1 aromatic carbocycles. The molecule has 1 aromatic heterocycles. The van der Waals surface area contributed by atoms with E-state index in [1.165, 1.54) is 34.9 Å². The summed E-state index contributed by atoms with van der Waals surface area (Å²) in [5, 5.41) is 8.19. The number of hydrogen-bond donors (Lipinski definition) is 3. The normalized spacial score (nSPS) is 17.5. The fourth-order valence-corrected chi connectivity index (χ4v) is 3.97. The number of aryl methyl sites for hydroxylation is 1. The van der Waals surface area contributed by atoms with Crippen LogP contribution in [0.1, 0.15) is 30.9 Å². The maximum absolute atomic E-state index is 5.24. The molecular weight excluding hydrogens is 477 g/mol. The molecule has 0 radical (unpaired) electrons. The van der Waals surface area contributed by atoms with Gasteiger partial charge in [-0.15, -0.1) is 24.0 Å². The van der Waals surface area contributed by atoms with Crippen molar-refractivity contribution in [2.45, 2.75) is 39.2 Å². The molecule has 29 heavy (non-hydrogen) atoms. The molecule has 2 aromatic rings. The Kier molecular flexibility index (Phi) is 10.2. The fraction of sp³-hybridized carbons (Fsp3) is 0.591. The lowest BCUT2D eigenvalue weighted by molar-refractivity contribution is 0.142. The summed E-state index contributed by atoms with van der Waals surface area (Å²) in [5.41, 5.74) is 3.85. The third-order valence-electron chi connectivity index (χ3n) is 5.50. The molecule has 1 atom stereocenters. The van der Waals surface area contributed by atoms with Crippen molar-refractivity contribution in [1.29, 1.82) is 0 Å². The number of aromatic nitrogens is 1. The molecule has 3 rings (SSSR count). The first-order valence-electron chi connectivity index (χ1n) is 10.5. The molecule has 6 nitrogen and oxygen atoms in total. The van der Waals surface area contributed by atoms with Gasteiger partial charge in [0, 0.05) is 49.9 Å². The number of rotatable bonds is 9. The molecule has 3 N–H and O–H groups in total. The van der Waals surface area contributed by atoms with Gasteiger partial charge in [0.1, 0.15) is 0 Å². The Hall–Kier alpha value is -1.32. The van der Waals surface area contributed by atoms with Crippen molar-refractivity contribution in [3.63, 3.8) is 0 Å². The molecule has 1 saturated heterocycles. The second kappa shape index (κ2) is 12.4. The number of benzene rings is 1. The predicted molar refractivity (Wildman–Crippen MR) is 133 cm³/mol. The first kappa shape index (κ1) is 24.0. The van der Waals surface area contributed by atoms with E-state index in [0.29, 0.717) is 6.04 Å². The van der Waals surface area contributed by atoms with Crippen LogP contribution in [0.2, 0.25) is 0 Å². The van der Waals surface area contributed by atoms with E-state index >= 15 is 0 Å². The van der Waals surface area contributed by atoms with E-state index in [4.69, 9.17) is 9.73 Å². The van der Waals surface area contributed by atoms with E-state index in [1.54, 1.807) is 7.11 Å². The number of aromatic amines is 1. The highest BCUT2D eigenvalue weighted by Gasteiger charge is 2.23. The minimum atomic E-state index is 0. The van der Waals surface area contributed by atoms with Gasteiger partial charge in [0.2, 0.25) is 0 Å². The van der Waals surface area contributed by atoms with Crippen molar-refractivity contribution < 1.29 is 4.74 Å². The number of halogens is 1. The van der Waals surface area contributed by atoms with Gasteiger partial charge in [0.25, 0.3) is 0 Å². The Balaban J connectivity index is 0.00000300. The molecule has 162 valence electrons. The molecule has 1 fully saturated rings. The Labute approximate surface area is 191 Å². The molecule has 1 unspecified atom stereocenters. The molecule has 0 bridgehead atoms. The zero-order valence-electron chi connectivity index (χ0n) is 18.0. The first-order valence-corrected chi connectivity index (χ1v) is 10.5. The summed E-state index contributed by atoms with van der Waals surface area (Å²) in [4.78, 5) is 10.7. The highest BCUT2D eigenvalue weighted by molar-refractivity contribution is 14.0. The van der Waals surface area contributed by atoms with Gasteiger partial charge >= 0.3 is 0 Å². The number of nitrogens with one attached hydrogen (secondary N) is 3. The van der Waals surface area contributed by atoms with Crippen molar-refractivity contribution in [1.82, 2.24) is 20.5 Å². The van der Waals surface area contributed by atoms with E-state index < -0.39 is 0 Å². The van der Waals surface area contributed by atoms with E-state index in [1.807, 2.05) is 0 Å². The van der Waals surface area contributed by atoms with Gasteiger partial charge in [-0.1, -0.05) is 12.1 Å². The van der Waals surface area contributed by atoms with Crippen LogP contribution in [0.3, 0.4) is 0 Å². The van der Waals surface area contributed by atoms with Crippen molar-refractivity contribution in [3.05, 3.63) is 35.5 Å². The standard InChI is InChI=1S/C22H35N5O.HI/c1-4-23-22(26-16-19-6-5-11-27(19)12-13-28-3)24-10-9-18-15-25-21-14-17(2)7-8-20(18)21;/h7-8,14-15,19,25H,4-6,9-13,16H2,1-3H3,(H2,23,24,26);1H. The molecule has 0 amide bonds. The van der Waals surface area contributed by atoms with E-state index in [-0.39, 0.29) is 24.0 Å². The summed E-state index contributed by atoms with van der Waals surface area (Å²) in [5.74, 6) is 0.914. The van der Waals surface area contributed by atoms with Crippen molar-refractivity contribution >= 4 is 40.8 Å². The van der Waals surface area contributed by atoms with Crippen LogP contribution in [0, 0.1) is 6.92 Å². The average Bonchev–Trinajstić information content (AvgIpc) is 3.30. The zero-order chi connectivity index (χ0) is 19.8. The largest absolute Gasteiger partial charge is 0.383 e. The summed E-state index contributed by atoms with van der Waals surface area (Å²) in [7, 11) is 1.77. The van der Waals surface area contributed by atoms with Crippen molar-refractivity contribution in [2.24, 2.45) is 4.99 Å². The summed E-state index contributed by atoms with van der Waals surface area (Å²) < 4.78 is 5.24. The Bertz CT molecular complexity index is 776. The number of likely N-dealkylation sites (tertiary alicyclic amines) is 1. The summed E-state index contributed by atoms with van der Waals surface area (Å²) in [6.45, 7) is 9.77. The predicted octanol–water partition coefficient (Wildman–Crippen LogP) is 3.30. The second-order valence-corrected chi connectivity index (χ2v) is 7.58. The zero-order valence-corrected chi connectivity index (χ0v) is 20.3. The lowest BCUT2D eigenvalue weighted by atomic mass is 10.1. The van der Waals surface area contributed by atoms with Gasteiger partial charge in [0.15, 0.2) is 5.96 Å². The minimum absolute atomic E-state index is 0. The Morgan fingerprint density at radius 3 is 3.00 bits per heavy atom. The SMILES string of the molecule is CCNC(=NCC1CCCN1CCOC)NCCc1c[nH]c2cc(C)ccc12.I. The topological polar surface area (TPSA) is 64.7 Å². The summed E-state index contributed by atoms with van der Waals surface area (Å²) >= 11 is 0. The number of hydrogen-bond acceptors (Lipinski definition) is 3. The number of H-pyrrole nitrogens is 1. The Morgan fingerprint density at radius 1 is 1.34 bits per heavy atom. The molecular formula is C22H36IN5O. The monoisotopic (exact) mass is 513 g/mol. The van der Waals surface area contributed by atoms with Crippen LogP contribution in [0.5, 0.6) is 0 Å². The van der Waals surface area contributed by atoms with E-state index in [9.17, 15) is 0 Å². The lowest BCUT2D eigenvalue weighted by Crippen LogP contribution is -2.40. The van der Waals surface area contributed by atoms with Gasteiger partial charge in [-0.25, -0.2) is 0 Å². The average molecular weight is 513 g/mol. The lowest BCUT2D eigenvalue weighted by Gasteiger charge is -2.23. The maximum Gasteiger partial charge on any atom is 0.191 e. The number of guanidine groups is 1. The Morgan fingerprint density at radius 2 is 2.21 bits per heavy atom. The second-order valence-electron chi connectivity index (χ2n) is 7.58. The fourth-order valence-electron chi connectivity index (χ4n) is 3.97. The van der Waals surface area contributed by atoms with Crippen molar-refractivity contribution in [2.75, 3.05) is 46.4 Å². The third kappa shape index (κ3) is 6.86. The van der Waals surface area contributed by atoms with Gasteiger partial charge in [0.05, 0.1) is 13.2 Å². The molecule has 7 heteroatoms. The molecule has 0 aliphatic carbocycles. The number of aliphatic imine (C=N–C) groups is 1. The summed E-state index contributed by atoms with van der Waals surface area (Å²) in [6, 6.07) is 7.12.